The zero-order chi connectivity index (χ0) is 20.5. The van der Waals surface area contributed by atoms with E-state index in [9.17, 15) is 4.79 Å². The van der Waals surface area contributed by atoms with Gasteiger partial charge in [0.1, 0.15) is 11.4 Å². The number of carbonyl (C=O) groups excluding carboxylic acids is 1. The Morgan fingerprint density at radius 3 is 2.77 bits per heavy atom. The number of anilines is 1. The summed E-state index contributed by atoms with van der Waals surface area (Å²) in [5.74, 6) is 0.478. The topological polar surface area (TPSA) is 84.3 Å². The van der Waals surface area contributed by atoms with Gasteiger partial charge < -0.3 is 10.1 Å². The van der Waals surface area contributed by atoms with E-state index >= 15 is 0 Å². The van der Waals surface area contributed by atoms with Crippen molar-refractivity contribution in [2.75, 3.05) is 12.4 Å². The Labute approximate surface area is 176 Å². The fraction of sp³-hybridized carbons (Fsp3) is 0.0455. The van der Waals surface area contributed by atoms with Gasteiger partial charge in [-0.3, -0.25) is 14.3 Å². The Bertz CT molecular complexity index is 1300. The number of amides is 1. The second-order valence-corrected chi connectivity index (χ2v) is 7.52. The fourth-order valence-electron chi connectivity index (χ4n) is 3.16. The maximum atomic E-state index is 12.6. The van der Waals surface area contributed by atoms with Crippen LogP contribution in [0.4, 0.5) is 5.69 Å². The number of benzene rings is 2. The van der Waals surface area contributed by atoms with Crippen molar-refractivity contribution in [3.63, 3.8) is 0 Å². The highest BCUT2D eigenvalue weighted by Crippen LogP contribution is 2.25. The fourth-order valence-corrected chi connectivity index (χ4v) is 3.86. The largest absolute Gasteiger partial charge is 0.497 e. The van der Waals surface area contributed by atoms with Crippen LogP contribution in [0.3, 0.4) is 0 Å². The summed E-state index contributed by atoms with van der Waals surface area (Å²) >= 11 is 1.59. The van der Waals surface area contributed by atoms with Crippen LogP contribution in [-0.4, -0.2) is 32.6 Å². The number of fused-ring (bicyclic) bond motifs is 1. The maximum absolute atomic E-state index is 12.6. The Kier molecular flexibility index (Phi) is 4.53. The van der Waals surface area contributed by atoms with Gasteiger partial charge in [-0.15, -0.1) is 11.3 Å². The zero-order valence-corrected chi connectivity index (χ0v) is 16.8. The number of thiazole rings is 1. The van der Waals surface area contributed by atoms with Gasteiger partial charge in [0.15, 0.2) is 4.96 Å². The van der Waals surface area contributed by atoms with E-state index in [1.165, 1.54) is 0 Å². The summed E-state index contributed by atoms with van der Waals surface area (Å²) in [6.45, 7) is 0. The summed E-state index contributed by atoms with van der Waals surface area (Å²) in [5, 5.41) is 11.9. The van der Waals surface area contributed by atoms with Crippen LogP contribution >= 0.6 is 11.3 Å². The minimum Gasteiger partial charge on any atom is -0.497 e. The third kappa shape index (κ3) is 3.44. The van der Waals surface area contributed by atoms with Gasteiger partial charge in [0, 0.05) is 34.6 Å². The molecule has 148 valence electrons. The number of H-pyrrole nitrogens is 1. The van der Waals surface area contributed by atoms with E-state index < -0.39 is 0 Å². The van der Waals surface area contributed by atoms with E-state index in [4.69, 9.17) is 4.74 Å². The molecule has 0 bridgehead atoms. The van der Waals surface area contributed by atoms with Crippen molar-refractivity contribution in [1.82, 2.24) is 19.6 Å². The smallest absolute Gasteiger partial charge is 0.273 e. The summed E-state index contributed by atoms with van der Waals surface area (Å²) in [4.78, 5) is 18.1. The van der Waals surface area contributed by atoms with E-state index in [1.807, 2.05) is 70.7 Å². The standard InChI is InChI=1S/C22H17N5O2S/c1-29-17-4-2-3-15(11-17)18-12-19(26-25-18)21(28)23-16-7-5-14(6-8-16)20-13-27-9-10-30-22(27)24-20/h2-13H,1H3,(H,23,28)(H,25,26). The van der Waals surface area contributed by atoms with E-state index in [-0.39, 0.29) is 5.91 Å². The van der Waals surface area contributed by atoms with Crippen LogP contribution in [0, 0.1) is 0 Å². The third-order valence-electron chi connectivity index (χ3n) is 4.72. The predicted molar refractivity (Wildman–Crippen MR) is 117 cm³/mol. The summed E-state index contributed by atoms with van der Waals surface area (Å²) in [6, 6.07) is 16.9. The molecule has 3 heterocycles. The monoisotopic (exact) mass is 415 g/mol. The molecule has 0 atom stereocenters. The molecule has 1 amide bonds. The molecule has 5 rings (SSSR count). The average Bonchev–Trinajstić information content (AvgIpc) is 3.50. The van der Waals surface area contributed by atoms with Crippen LogP contribution in [0.1, 0.15) is 10.5 Å². The molecule has 0 aliphatic rings. The van der Waals surface area contributed by atoms with E-state index in [0.29, 0.717) is 17.1 Å². The molecule has 0 radical (unpaired) electrons. The van der Waals surface area contributed by atoms with E-state index in [1.54, 1.807) is 24.5 Å². The maximum Gasteiger partial charge on any atom is 0.273 e. The van der Waals surface area contributed by atoms with Crippen molar-refractivity contribution >= 4 is 27.9 Å². The molecule has 0 fully saturated rings. The summed E-state index contributed by atoms with van der Waals surface area (Å²) in [6.07, 6.45) is 3.97. The van der Waals surface area contributed by atoms with Crippen LogP contribution < -0.4 is 10.1 Å². The van der Waals surface area contributed by atoms with E-state index in [2.05, 4.69) is 20.5 Å². The van der Waals surface area contributed by atoms with Crippen LogP contribution in [-0.2, 0) is 0 Å². The first-order valence-corrected chi connectivity index (χ1v) is 10.1. The summed E-state index contributed by atoms with van der Waals surface area (Å²) < 4.78 is 7.24. The van der Waals surface area contributed by atoms with Crippen molar-refractivity contribution in [3.05, 3.63) is 78.1 Å². The van der Waals surface area contributed by atoms with Gasteiger partial charge in [-0.25, -0.2) is 4.98 Å². The van der Waals surface area contributed by atoms with Gasteiger partial charge in [-0.2, -0.15) is 5.10 Å². The normalized spacial score (nSPS) is 11.0. The first-order chi connectivity index (χ1) is 14.7. The molecule has 8 heteroatoms. The lowest BCUT2D eigenvalue weighted by molar-refractivity contribution is 0.102. The van der Waals surface area contributed by atoms with Gasteiger partial charge in [0.2, 0.25) is 0 Å². The number of hydrogen-bond donors (Lipinski definition) is 2. The lowest BCUT2D eigenvalue weighted by Gasteiger charge is -2.04. The summed E-state index contributed by atoms with van der Waals surface area (Å²) in [5.41, 5.74) is 4.51. The Morgan fingerprint density at radius 2 is 1.97 bits per heavy atom. The highest BCUT2D eigenvalue weighted by atomic mass is 32.1. The van der Waals surface area contributed by atoms with Crippen molar-refractivity contribution in [2.24, 2.45) is 0 Å². The molecule has 3 aromatic heterocycles. The second-order valence-electron chi connectivity index (χ2n) is 6.65. The molecule has 7 nitrogen and oxygen atoms in total. The summed E-state index contributed by atoms with van der Waals surface area (Å²) in [7, 11) is 1.61. The molecule has 5 aromatic rings. The number of methoxy groups -OCH3 is 1. The molecular weight excluding hydrogens is 398 g/mol. The molecule has 2 aromatic carbocycles. The molecule has 30 heavy (non-hydrogen) atoms. The van der Waals surface area contributed by atoms with Crippen LogP contribution in [0.25, 0.3) is 27.5 Å². The number of imidazole rings is 1. The minimum atomic E-state index is -0.257. The van der Waals surface area contributed by atoms with Crippen molar-refractivity contribution in [2.45, 2.75) is 0 Å². The van der Waals surface area contributed by atoms with Gasteiger partial charge in [-0.1, -0.05) is 24.3 Å². The van der Waals surface area contributed by atoms with Crippen LogP contribution in [0.15, 0.2) is 72.4 Å². The number of nitrogens with zero attached hydrogens (tertiary/aromatic N) is 3. The predicted octanol–water partition coefficient (Wildman–Crippen LogP) is 4.71. The Morgan fingerprint density at radius 1 is 1.10 bits per heavy atom. The van der Waals surface area contributed by atoms with Gasteiger partial charge in [-0.05, 0) is 30.3 Å². The average molecular weight is 415 g/mol. The van der Waals surface area contributed by atoms with Crippen LogP contribution in [0.5, 0.6) is 5.75 Å². The van der Waals surface area contributed by atoms with Crippen molar-refractivity contribution in [1.29, 1.82) is 0 Å². The Hall–Kier alpha value is -3.91. The number of carbonyl (C=O) groups is 1. The van der Waals surface area contributed by atoms with Crippen molar-refractivity contribution in [3.8, 4) is 28.3 Å². The molecule has 0 aliphatic carbocycles. The van der Waals surface area contributed by atoms with Crippen molar-refractivity contribution < 1.29 is 9.53 Å². The highest BCUT2D eigenvalue weighted by molar-refractivity contribution is 7.15. The molecule has 0 saturated carbocycles. The quantitative estimate of drug-likeness (QED) is 0.435. The first kappa shape index (κ1) is 18.1. The Balaban J connectivity index is 1.30. The number of hydrogen-bond acceptors (Lipinski definition) is 5. The molecule has 0 saturated heterocycles. The van der Waals surface area contributed by atoms with E-state index in [0.717, 1.165) is 27.5 Å². The minimum absolute atomic E-state index is 0.257. The van der Waals surface area contributed by atoms with Gasteiger partial charge in [0.05, 0.1) is 18.5 Å². The highest BCUT2D eigenvalue weighted by Gasteiger charge is 2.12. The first-order valence-electron chi connectivity index (χ1n) is 9.23. The zero-order valence-electron chi connectivity index (χ0n) is 16.0. The van der Waals surface area contributed by atoms with Gasteiger partial charge in [0.25, 0.3) is 5.91 Å². The van der Waals surface area contributed by atoms with Crippen LogP contribution in [0.2, 0.25) is 0 Å². The molecule has 0 spiro atoms. The molecule has 0 unspecified atom stereocenters. The number of aromatic nitrogens is 4. The number of ether oxygens (including phenoxy) is 1. The SMILES string of the molecule is COc1cccc(-c2cc(C(=O)Nc3ccc(-c4cn5ccsc5n4)cc3)[nH]n2)c1. The lowest BCUT2D eigenvalue weighted by atomic mass is 10.1. The third-order valence-corrected chi connectivity index (χ3v) is 5.49. The number of aromatic amines is 1. The number of rotatable bonds is 5. The number of nitrogens with one attached hydrogen (secondary N) is 2. The second kappa shape index (κ2) is 7.49. The molecule has 0 aliphatic heterocycles. The lowest BCUT2D eigenvalue weighted by Crippen LogP contribution is -2.12. The van der Waals surface area contributed by atoms with Gasteiger partial charge >= 0.3 is 0 Å². The molecular formula is C22H17N5O2S. The molecule has 2 N–H and O–H groups in total.